The molecule has 0 aliphatic heterocycles. The van der Waals surface area contributed by atoms with E-state index in [1.807, 2.05) is 0 Å². The van der Waals surface area contributed by atoms with Crippen molar-refractivity contribution in [2.45, 2.75) is 55.4 Å². The fourth-order valence-corrected chi connectivity index (χ4v) is 5.19. The van der Waals surface area contributed by atoms with Gasteiger partial charge in [0.05, 0.1) is 11.8 Å². The fourth-order valence-electron chi connectivity index (χ4n) is 5.19. The molecule has 0 spiro atoms. The van der Waals surface area contributed by atoms with Crippen LogP contribution in [0, 0.1) is 35.5 Å². The molecule has 2 aromatic rings. The SMILES string of the molecule is CC1=C(C)C(C#C/C(=C(/C#CC2C(C)=C(C)C(C)=C2C)c2ccccc2)c2ccccc2)C(C)=C1C. The van der Waals surface area contributed by atoms with Gasteiger partial charge in [-0.25, -0.2) is 0 Å². The summed E-state index contributed by atoms with van der Waals surface area (Å²) in [6.07, 6.45) is 0. The van der Waals surface area contributed by atoms with Crippen molar-refractivity contribution in [2.75, 3.05) is 0 Å². The van der Waals surface area contributed by atoms with Crippen LogP contribution < -0.4 is 0 Å². The Morgan fingerprint density at radius 1 is 0.444 bits per heavy atom. The minimum atomic E-state index is 0.157. The number of benzene rings is 2. The first-order chi connectivity index (χ1) is 17.2. The van der Waals surface area contributed by atoms with Crippen molar-refractivity contribution >= 4 is 11.1 Å². The standard InChI is InChI=1S/C36H36/c1-23-24(2)28(6)33(27(23)5)19-21-35(31-15-11-9-12-16-31)36(32-17-13-10-14-18-32)22-20-34-29(7)25(3)26(4)30(34)8/h9-18,33-34H,1-8H3/b36-35+. The quantitative estimate of drug-likeness (QED) is 0.304. The summed E-state index contributed by atoms with van der Waals surface area (Å²) in [5, 5.41) is 0. The van der Waals surface area contributed by atoms with E-state index in [4.69, 9.17) is 0 Å². The van der Waals surface area contributed by atoms with Gasteiger partial charge < -0.3 is 0 Å². The van der Waals surface area contributed by atoms with E-state index in [9.17, 15) is 0 Å². The molecule has 2 aromatic carbocycles. The van der Waals surface area contributed by atoms with E-state index < -0.39 is 0 Å². The predicted octanol–water partition coefficient (Wildman–Crippen LogP) is 9.21. The molecule has 4 rings (SSSR count). The Morgan fingerprint density at radius 2 is 0.722 bits per heavy atom. The first kappa shape index (κ1) is 25.4. The summed E-state index contributed by atoms with van der Waals surface area (Å²) < 4.78 is 0. The molecule has 0 heterocycles. The van der Waals surface area contributed by atoms with Crippen LogP contribution in [0.5, 0.6) is 0 Å². The molecule has 0 bridgehead atoms. The molecule has 2 aliphatic carbocycles. The van der Waals surface area contributed by atoms with Crippen molar-refractivity contribution in [3.8, 4) is 23.7 Å². The summed E-state index contributed by atoms with van der Waals surface area (Å²) >= 11 is 0. The molecule has 0 unspecified atom stereocenters. The van der Waals surface area contributed by atoms with E-state index in [2.05, 4.69) is 140 Å². The van der Waals surface area contributed by atoms with Crippen molar-refractivity contribution in [3.63, 3.8) is 0 Å². The van der Waals surface area contributed by atoms with Gasteiger partial charge in [-0.3, -0.25) is 0 Å². The highest BCUT2D eigenvalue weighted by molar-refractivity contribution is 6.04. The van der Waals surface area contributed by atoms with E-state index in [0.29, 0.717) is 0 Å². The van der Waals surface area contributed by atoms with Gasteiger partial charge in [-0.1, -0.05) is 107 Å². The zero-order valence-corrected chi connectivity index (χ0v) is 22.9. The molecule has 0 fully saturated rings. The average Bonchev–Trinajstić information content (AvgIpc) is 3.20. The monoisotopic (exact) mass is 468 g/mol. The van der Waals surface area contributed by atoms with Gasteiger partial charge in [0.15, 0.2) is 0 Å². The van der Waals surface area contributed by atoms with Crippen LogP contribution in [0.2, 0.25) is 0 Å². The first-order valence-corrected chi connectivity index (χ1v) is 12.8. The van der Waals surface area contributed by atoms with Crippen LogP contribution in [-0.4, -0.2) is 0 Å². The van der Waals surface area contributed by atoms with Gasteiger partial charge >= 0.3 is 0 Å². The third-order valence-corrected chi connectivity index (χ3v) is 8.28. The van der Waals surface area contributed by atoms with Gasteiger partial charge in [-0.2, -0.15) is 0 Å². The second-order valence-corrected chi connectivity index (χ2v) is 10.1. The maximum atomic E-state index is 3.64. The molecule has 0 saturated carbocycles. The minimum absolute atomic E-state index is 0.157. The Morgan fingerprint density at radius 3 is 1.00 bits per heavy atom. The summed E-state index contributed by atoms with van der Waals surface area (Å²) in [7, 11) is 0. The van der Waals surface area contributed by atoms with Gasteiger partial charge in [0, 0.05) is 11.1 Å². The maximum absolute atomic E-state index is 3.64. The van der Waals surface area contributed by atoms with Crippen molar-refractivity contribution < 1.29 is 0 Å². The molecule has 36 heavy (non-hydrogen) atoms. The van der Waals surface area contributed by atoms with E-state index in [1.54, 1.807) is 0 Å². The van der Waals surface area contributed by atoms with Crippen LogP contribution in [0.15, 0.2) is 105 Å². The highest BCUT2D eigenvalue weighted by Crippen LogP contribution is 2.38. The second-order valence-electron chi connectivity index (χ2n) is 10.1. The van der Waals surface area contributed by atoms with Crippen LogP contribution in [0.1, 0.15) is 66.5 Å². The topological polar surface area (TPSA) is 0 Å². The highest BCUT2D eigenvalue weighted by Gasteiger charge is 2.24. The molecule has 0 atom stereocenters. The molecule has 0 nitrogen and oxygen atoms in total. The van der Waals surface area contributed by atoms with E-state index in [1.165, 1.54) is 44.6 Å². The van der Waals surface area contributed by atoms with Gasteiger partial charge in [0.1, 0.15) is 0 Å². The largest absolute Gasteiger partial charge is 0.0854 e. The molecule has 0 heteroatoms. The van der Waals surface area contributed by atoms with Gasteiger partial charge in [0.2, 0.25) is 0 Å². The normalized spacial score (nSPS) is 17.3. The Bertz CT molecular complexity index is 1310. The smallest absolute Gasteiger partial charge is 0.0631 e. The molecule has 0 amide bonds. The highest BCUT2D eigenvalue weighted by atomic mass is 14.3. The molecule has 2 aliphatic rings. The van der Waals surface area contributed by atoms with Crippen molar-refractivity contribution in [2.24, 2.45) is 11.8 Å². The lowest BCUT2D eigenvalue weighted by Gasteiger charge is -2.11. The Balaban J connectivity index is 1.95. The Hall–Kier alpha value is -3.74. The van der Waals surface area contributed by atoms with Gasteiger partial charge in [-0.05, 0) is 88.8 Å². The number of allylic oxidation sites excluding steroid dienone is 10. The van der Waals surface area contributed by atoms with E-state index in [-0.39, 0.29) is 11.8 Å². The third-order valence-electron chi connectivity index (χ3n) is 8.28. The molecule has 0 radical (unpaired) electrons. The predicted molar refractivity (Wildman–Crippen MR) is 156 cm³/mol. The molecular formula is C36H36. The number of rotatable bonds is 2. The van der Waals surface area contributed by atoms with Crippen molar-refractivity contribution in [3.05, 3.63) is 116 Å². The fraction of sp³-hybridized carbons (Fsp3) is 0.278. The van der Waals surface area contributed by atoms with Crippen LogP contribution in [0.3, 0.4) is 0 Å². The Kier molecular flexibility index (Phi) is 7.38. The Labute approximate surface area is 218 Å². The number of hydrogen-bond acceptors (Lipinski definition) is 0. The summed E-state index contributed by atoms with van der Waals surface area (Å²) in [5.74, 6) is 14.9. The summed E-state index contributed by atoms with van der Waals surface area (Å²) in [6.45, 7) is 17.7. The lowest BCUT2D eigenvalue weighted by molar-refractivity contribution is 0.942. The zero-order chi connectivity index (χ0) is 26.0. The number of hydrogen-bond donors (Lipinski definition) is 0. The van der Waals surface area contributed by atoms with Crippen molar-refractivity contribution in [1.29, 1.82) is 0 Å². The van der Waals surface area contributed by atoms with Crippen LogP contribution in [0.25, 0.3) is 11.1 Å². The zero-order valence-electron chi connectivity index (χ0n) is 22.9. The van der Waals surface area contributed by atoms with E-state index in [0.717, 1.165) is 22.3 Å². The maximum Gasteiger partial charge on any atom is 0.0631 e. The minimum Gasteiger partial charge on any atom is -0.0854 e. The first-order valence-electron chi connectivity index (χ1n) is 12.8. The lowest BCUT2D eigenvalue weighted by Crippen LogP contribution is -1.99. The van der Waals surface area contributed by atoms with Crippen LogP contribution >= 0.6 is 0 Å². The molecule has 180 valence electrons. The lowest BCUT2D eigenvalue weighted by atomic mass is 9.91. The molecule has 0 saturated heterocycles. The molecule has 0 aromatic heterocycles. The second kappa shape index (κ2) is 10.5. The summed E-state index contributed by atoms with van der Waals surface area (Å²) in [5.41, 5.74) is 15.1. The summed E-state index contributed by atoms with van der Waals surface area (Å²) in [4.78, 5) is 0. The molecule has 0 N–H and O–H groups in total. The van der Waals surface area contributed by atoms with Crippen molar-refractivity contribution in [1.82, 2.24) is 0 Å². The van der Waals surface area contributed by atoms with Crippen LogP contribution in [-0.2, 0) is 0 Å². The summed E-state index contributed by atoms with van der Waals surface area (Å²) in [6, 6.07) is 21.0. The van der Waals surface area contributed by atoms with Gasteiger partial charge in [0.25, 0.3) is 0 Å². The molecular weight excluding hydrogens is 432 g/mol. The third kappa shape index (κ3) is 4.70. The average molecular weight is 469 g/mol. The van der Waals surface area contributed by atoms with Crippen LogP contribution in [0.4, 0.5) is 0 Å². The van der Waals surface area contributed by atoms with Gasteiger partial charge in [-0.15, -0.1) is 0 Å². The van der Waals surface area contributed by atoms with E-state index >= 15 is 0 Å².